The summed E-state index contributed by atoms with van der Waals surface area (Å²) in [7, 11) is 0. The average molecular weight is 389 g/mol. The molecule has 3 rings (SSSR count). The van der Waals surface area contributed by atoms with Gasteiger partial charge >= 0.3 is 6.18 Å². The summed E-state index contributed by atoms with van der Waals surface area (Å²) < 4.78 is 41.4. The number of imidazole rings is 1. The van der Waals surface area contributed by atoms with Crippen LogP contribution in [0.5, 0.6) is 0 Å². The average Bonchev–Trinajstić information content (AvgIpc) is 3.02. The highest BCUT2D eigenvalue weighted by molar-refractivity contribution is 5.77. The maximum atomic E-state index is 13.1. The molecule has 3 aromatic rings. The van der Waals surface area contributed by atoms with E-state index in [9.17, 15) is 13.2 Å². The summed E-state index contributed by atoms with van der Waals surface area (Å²) in [6.07, 6.45) is -2.83. The zero-order valence-corrected chi connectivity index (χ0v) is 16.3. The first-order chi connectivity index (χ1) is 13.4. The smallest absolute Gasteiger partial charge is 0.328 e. The standard InChI is InChI=1S/C22H26F3N3/c1-3-27(4-2)13-8-14-28-20-12-11-18(22(23,24)25)16-19(20)26-21(28)15-17-9-6-5-7-10-17/h5-7,9-12,16H,3-4,8,13-15H2,1-2H3. The molecule has 6 heteroatoms. The van der Waals surface area contributed by atoms with E-state index in [0.717, 1.165) is 61.6 Å². The van der Waals surface area contributed by atoms with Crippen LogP contribution in [0.25, 0.3) is 11.0 Å². The number of benzene rings is 2. The van der Waals surface area contributed by atoms with Crippen LogP contribution in [0.3, 0.4) is 0 Å². The summed E-state index contributed by atoms with van der Waals surface area (Å²) in [5.74, 6) is 0.806. The van der Waals surface area contributed by atoms with Gasteiger partial charge < -0.3 is 9.47 Å². The second-order valence-corrected chi connectivity index (χ2v) is 6.92. The third-order valence-corrected chi connectivity index (χ3v) is 5.11. The number of alkyl halides is 3. The third kappa shape index (κ3) is 4.73. The number of nitrogens with zero attached hydrogens (tertiary/aromatic N) is 3. The molecule has 2 aromatic carbocycles. The van der Waals surface area contributed by atoms with E-state index in [1.165, 1.54) is 0 Å². The fourth-order valence-corrected chi connectivity index (χ4v) is 3.51. The maximum Gasteiger partial charge on any atom is 0.416 e. The number of hydrogen-bond donors (Lipinski definition) is 0. The summed E-state index contributed by atoms with van der Waals surface area (Å²) >= 11 is 0. The van der Waals surface area contributed by atoms with Gasteiger partial charge in [0.1, 0.15) is 5.82 Å². The quantitative estimate of drug-likeness (QED) is 0.516. The molecule has 0 aliphatic heterocycles. The van der Waals surface area contributed by atoms with Gasteiger partial charge in [0.25, 0.3) is 0 Å². The number of fused-ring (bicyclic) bond motifs is 1. The second kappa shape index (κ2) is 8.78. The van der Waals surface area contributed by atoms with E-state index < -0.39 is 11.7 Å². The van der Waals surface area contributed by atoms with Crippen LogP contribution < -0.4 is 0 Å². The van der Waals surface area contributed by atoms with E-state index in [1.807, 2.05) is 30.3 Å². The first-order valence-corrected chi connectivity index (χ1v) is 9.75. The zero-order chi connectivity index (χ0) is 20.1. The Balaban J connectivity index is 1.93. The van der Waals surface area contributed by atoms with Gasteiger partial charge in [0, 0.05) is 13.0 Å². The number of aryl methyl sites for hydroxylation is 1. The van der Waals surface area contributed by atoms with Crippen LogP contribution in [0.15, 0.2) is 48.5 Å². The Morgan fingerprint density at radius 1 is 1.00 bits per heavy atom. The van der Waals surface area contributed by atoms with Crippen molar-refractivity contribution in [2.24, 2.45) is 0 Å². The van der Waals surface area contributed by atoms with E-state index in [0.29, 0.717) is 11.9 Å². The largest absolute Gasteiger partial charge is 0.416 e. The zero-order valence-electron chi connectivity index (χ0n) is 16.3. The fourth-order valence-electron chi connectivity index (χ4n) is 3.51. The predicted molar refractivity (Wildman–Crippen MR) is 106 cm³/mol. The van der Waals surface area contributed by atoms with Crippen molar-refractivity contribution < 1.29 is 13.2 Å². The molecule has 1 heterocycles. The summed E-state index contributed by atoms with van der Waals surface area (Å²) in [6.45, 7) is 7.95. The van der Waals surface area contributed by atoms with Gasteiger partial charge in [-0.1, -0.05) is 44.2 Å². The highest BCUT2D eigenvalue weighted by Gasteiger charge is 2.31. The third-order valence-electron chi connectivity index (χ3n) is 5.11. The Labute approximate surface area is 163 Å². The molecule has 0 amide bonds. The molecule has 0 saturated carbocycles. The lowest BCUT2D eigenvalue weighted by Crippen LogP contribution is -2.25. The van der Waals surface area contributed by atoms with Gasteiger partial charge in [-0.15, -0.1) is 0 Å². The number of hydrogen-bond acceptors (Lipinski definition) is 2. The van der Waals surface area contributed by atoms with Crippen LogP contribution >= 0.6 is 0 Å². The van der Waals surface area contributed by atoms with Crippen LogP contribution in [0.4, 0.5) is 13.2 Å². The molecule has 150 valence electrons. The summed E-state index contributed by atoms with van der Waals surface area (Å²) in [4.78, 5) is 6.91. The topological polar surface area (TPSA) is 21.1 Å². The van der Waals surface area contributed by atoms with Gasteiger partial charge in [-0.3, -0.25) is 0 Å². The molecule has 0 radical (unpaired) electrons. The molecule has 0 aliphatic rings. The lowest BCUT2D eigenvalue weighted by atomic mass is 10.1. The molecule has 0 saturated heterocycles. The first kappa shape index (κ1) is 20.4. The fraction of sp³-hybridized carbons (Fsp3) is 0.409. The molecular formula is C22H26F3N3. The summed E-state index contributed by atoms with van der Waals surface area (Å²) in [6, 6.07) is 13.8. The monoisotopic (exact) mass is 389 g/mol. The minimum absolute atomic E-state index is 0.406. The summed E-state index contributed by atoms with van der Waals surface area (Å²) in [5.41, 5.74) is 1.61. The van der Waals surface area contributed by atoms with Crippen molar-refractivity contribution in [3.05, 3.63) is 65.5 Å². The molecule has 0 N–H and O–H groups in total. The van der Waals surface area contributed by atoms with Crippen molar-refractivity contribution in [1.29, 1.82) is 0 Å². The second-order valence-electron chi connectivity index (χ2n) is 6.92. The molecule has 1 aromatic heterocycles. The lowest BCUT2D eigenvalue weighted by Gasteiger charge is -2.18. The number of aromatic nitrogens is 2. The molecule has 0 unspecified atom stereocenters. The van der Waals surface area contributed by atoms with E-state index in [-0.39, 0.29) is 0 Å². The lowest BCUT2D eigenvalue weighted by molar-refractivity contribution is -0.137. The van der Waals surface area contributed by atoms with Crippen LogP contribution in [0, 0.1) is 0 Å². The molecule has 0 spiro atoms. The molecule has 0 aliphatic carbocycles. The molecule has 0 fully saturated rings. The Morgan fingerprint density at radius 3 is 2.36 bits per heavy atom. The van der Waals surface area contributed by atoms with Crippen molar-refractivity contribution in [1.82, 2.24) is 14.5 Å². The van der Waals surface area contributed by atoms with Gasteiger partial charge in [-0.2, -0.15) is 13.2 Å². The molecular weight excluding hydrogens is 363 g/mol. The summed E-state index contributed by atoms with van der Waals surface area (Å²) in [5, 5.41) is 0. The Bertz CT molecular complexity index is 897. The van der Waals surface area contributed by atoms with Crippen LogP contribution in [-0.4, -0.2) is 34.1 Å². The van der Waals surface area contributed by atoms with Crippen LogP contribution in [0.1, 0.15) is 37.2 Å². The van der Waals surface area contributed by atoms with Crippen molar-refractivity contribution >= 4 is 11.0 Å². The SMILES string of the molecule is CCN(CC)CCCn1c(Cc2ccccc2)nc2cc(C(F)(F)F)ccc21. The molecule has 3 nitrogen and oxygen atoms in total. The van der Waals surface area contributed by atoms with Gasteiger partial charge in [0.05, 0.1) is 16.6 Å². The highest BCUT2D eigenvalue weighted by atomic mass is 19.4. The minimum Gasteiger partial charge on any atom is -0.328 e. The number of halogens is 3. The Morgan fingerprint density at radius 2 is 1.71 bits per heavy atom. The van der Waals surface area contributed by atoms with Crippen molar-refractivity contribution in [3.8, 4) is 0 Å². The van der Waals surface area contributed by atoms with Gasteiger partial charge in [-0.25, -0.2) is 4.98 Å². The highest BCUT2D eigenvalue weighted by Crippen LogP contribution is 2.32. The molecule has 0 bridgehead atoms. The van der Waals surface area contributed by atoms with Crippen LogP contribution in [0.2, 0.25) is 0 Å². The molecule has 0 atom stereocenters. The van der Waals surface area contributed by atoms with Crippen molar-refractivity contribution in [2.75, 3.05) is 19.6 Å². The minimum atomic E-state index is -4.36. The Hall–Kier alpha value is -2.34. The molecule has 28 heavy (non-hydrogen) atoms. The Kier molecular flexibility index (Phi) is 6.39. The first-order valence-electron chi connectivity index (χ1n) is 9.75. The van der Waals surface area contributed by atoms with E-state index in [1.54, 1.807) is 6.07 Å². The van der Waals surface area contributed by atoms with Crippen molar-refractivity contribution in [2.45, 2.75) is 39.4 Å². The van der Waals surface area contributed by atoms with E-state index in [4.69, 9.17) is 0 Å². The normalized spacial score (nSPS) is 12.2. The van der Waals surface area contributed by atoms with Gasteiger partial charge in [0.15, 0.2) is 0 Å². The van der Waals surface area contributed by atoms with Gasteiger partial charge in [-0.05, 0) is 49.8 Å². The van der Waals surface area contributed by atoms with Crippen molar-refractivity contribution in [3.63, 3.8) is 0 Å². The van der Waals surface area contributed by atoms with E-state index in [2.05, 4.69) is 28.3 Å². The number of rotatable bonds is 8. The van der Waals surface area contributed by atoms with Crippen LogP contribution in [-0.2, 0) is 19.1 Å². The van der Waals surface area contributed by atoms with E-state index >= 15 is 0 Å². The van der Waals surface area contributed by atoms with Gasteiger partial charge in [0.2, 0.25) is 0 Å². The predicted octanol–water partition coefficient (Wildman–Crippen LogP) is 5.38. The maximum absolute atomic E-state index is 13.1.